The van der Waals surface area contributed by atoms with Gasteiger partial charge in [0.05, 0.1) is 12.8 Å². The van der Waals surface area contributed by atoms with Gasteiger partial charge in [-0.15, -0.1) is 0 Å². The van der Waals surface area contributed by atoms with E-state index in [9.17, 15) is 0 Å². The quantitative estimate of drug-likeness (QED) is 0.722. The maximum Gasteiger partial charge on any atom is 0.225 e. The number of hydrogen-bond donors (Lipinski definition) is 2. The van der Waals surface area contributed by atoms with E-state index in [1.807, 2.05) is 6.20 Å². The lowest BCUT2D eigenvalue weighted by atomic mass is 9.82. The summed E-state index contributed by atoms with van der Waals surface area (Å²) in [6, 6.07) is 9.05. The van der Waals surface area contributed by atoms with Crippen LogP contribution in [0.4, 0.5) is 5.95 Å². The number of anilines is 1. The summed E-state index contributed by atoms with van der Waals surface area (Å²) >= 11 is 0. The summed E-state index contributed by atoms with van der Waals surface area (Å²) < 4.78 is 5.66. The molecule has 0 amide bonds. The third kappa shape index (κ3) is 4.60. The summed E-state index contributed by atoms with van der Waals surface area (Å²) in [7, 11) is 1.77. The van der Waals surface area contributed by atoms with Gasteiger partial charge in [-0.2, -0.15) is 0 Å². The first kappa shape index (κ1) is 21.6. The van der Waals surface area contributed by atoms with E-state index < -0.39 is 0 Å². The molecule has 3 atom stereocenters. The van der Waals surface area contributed by atoms with Crippen LogP contribution in [-0.4, -0.2) is 60.7 Å². The molecule has 1 aromatic heterocycles. The predicted molar refractivity (Wildman–Crippen MR) is 127 cm³/mol. The summed E-state index contributed by atoms with van der Waals surface area (Å²) in [6.07, 6.45) is 6.91. The van der Waals surface area contributed by atoms with Gasteiger partial charge in [-0.05, 0) is 62.8 Å². The van der Waals surface area contributed by atoms with Crippen LogP contribution in [0.1, 0.15) is 48.4 Å². The number of hydrazine groups is 1. The molecule has 3 fully saturated rings. The van der Waals surface area contributed by atoms with Crippen molar-refractivity contribution in [3.05, 3.63) is 47.3 Å². The molecule has 7 heteroatoms. The highest BCUT2D eigenvalue weighted by Crippen LogP contribution is 2.33. The third-order valence-corrected chi connectivity index (χ3v) is 7.34. The Morgan fingerprint density at radius 2 is 2.00 bits per heavy atom. The normalized spacial score (nSPS) is 26.6. The standard InChI is InChI=1S/C25H36N6O/c1-18-7-8-19(23(14-18)32-2)16-30-11-5-6-20(17-30)24-21(15-27-29-24)22-9-10-26-25(28-22)31-12-3-4-13-31/h7-10,14,20-21,24,27,29H,3-6,11-13,15-17H2,1-2H3. The smallest absolute Gasteiger partial charge is 0.225 e. The van der Waals surface area contributed by atoms with Crippen molar-refractivity contribution >= 4 is 5.95 Å². The number of nitrogens with zero attached hydrogens (tertiary/aromatic N) is 4. The average molecular weight is 437 g/mol. The van der Waals surface area contributed by atoms with Gasteiger partial charge in [0, 0.05) is 56.4 Å². The van der Waals surface area contributed by atoms with Gasteiger partial charge in [-0.3, -0.25) is 15.8 Å². The van der Waals surface area contributed by atoms with E-state index in [0.717, 1.165) is 51.0 Å². The van der Waals surface area contributed by atoms with Crippen LogP contribution in [0.2, 0.25) is 0 Å². The zero-order valence-electron chi connectivity index (χ0n) is 19.4. The molecular weight excluding hydrogens is 400 g/mol. The first-order valence-electron chi connectivity index (χ1n) is 12.1. The van der Waals surface area contributed by atoms with Gasteiger partial charge >= 0.3 is 0 Å². The lowest BCUT2D eigenvalue weighted by Crippen LogP contribution is -2.46. The van der Waals surface area contributed by atoms with Gasteiger partial charge in [0.25, 0.3) is 0 Å². The molecule has 0 bridgehead atoms. The van der Waals surface area contributed by atoms with E-state index in [2.05, 4.69) is 56.8 Å². The van der Waals surface area contributed by atoms with Crippen LogP contribution in [0.3, 0.4) is 0 Å². The van der Waals surface area contributed by atoms with Crippen molar-refractivity contribution < 1.29 is 4.74 Å². The van der Waals surface area contributed by atoms with E-state index in [0.29, 0.717) is 17.9 Å². The topological polar surface area (TPSA) is 65.6 Å². The van der Waals surface area contributed by atoms with Crippen molar-refractivity contribution in [1.82, 2.24) is 25.7 Å². The highest BCUT2D eigenvalue weighted by Gasteiger charge is 2.37. The molecule has 1 aromatic carbocycles. The Morgan fingerprint density at radius 1 is 1.12 bits per heavy atom. The molecule has 3 aliphatic heterocycles. The zero-order chi connectivity index (χ0) is 21.9. The van der Waals surface area contributed by atoms with Crippen molar-refractivity contribution in [2.75, 3.05) is 44.7 Å². The minimum absolute atomic E-state index is 0.373. The molecule has 3 saturated heterocycles. The second kappa shape index (κ2) is 9.73. The molecule has 2 N–H and O–H groups in total. The summed E-state index contributed by atoms with van der Waals surface area (Å²) in [5.41, 5.74) is 10.7. The molecule has 4 heterocycles. The van der Waals surface area contributed by atoms with E-state index >= 15 is 0 Å². The molecular formula is C25H36N6O. The number of ether oxygens (including phenoxy) is 1. The van der Waals surface area contributed by atoms with Crippen molar-refractivity contribution in [2.45, 2.75) is 51.1 Å². The highest BCUT2D eigenvalue weighted by molar-refractivity contribution is 5.37. The van der Waals surface area contributed by atoms with Crippen LogP contribution in [0.5, 0.6) is 5.75 Å². The number of nitrogens with one attached hydrogen (secondary N) is 2. The summed E-state index contributed by atoms with van der Waals surface area (Å²) in [4.78, 5) is 14.5. The highest BCUT2D eigenvalue weighted by atomic mass is 16.5. The fourth-order valence-corrected chi connectivity index (χ4v) is 5.64. The molecule has 0 aliphatic carbocycles. The molecule has 172 valence electrons. The van der Waals surface area contributed by atoms with Crippen LogP contribution in [0, 0.1) is 12.8 Å². The Balaban J connectivity index is 1.28. The van der Waals surface area contributed by atoms with Crippen LogP contribution >= 0.6 is 0 Å². The first-order chi connectivity index (χ1) is 15.7. The summed E-state index contributed by atoms with van der Waals surface area (Å²) in [5, 5.41) is 0. The Hall–Kier alpha value is -2.22. The molecule has 3 unspecified atom stereocenters. The second-order valence-corrected chi connectivity index (χ2v) is 9.59. The van der Waals surface area contributed by atoms with Crippen molar-refractivity contribution in [2.24, 2.45) is 5.92 Å². The number of aryl methyl sites for hydroxylation is 1. The van der Waals surface area contributed by atoms with E-state index in [1.54, 1.807) is 7.11 Å². The Kier molecular flexibility index (Phi) is 6.57. The molecule has 0 saturated carbocycles. The number of likely N-dealkylation sites (tertiary alicyclic amines) is 1. The Bertz CT molecular complexity index is 915. The largest absolute Gasteiger partial charge is 0.496 e. The molecule has 2 aromatic rings. The van der Waals surface area contributed by atoms with Crippen LogP contribution in [0.25, 0.3) is 0 Å². The van der Waals surface area contributed by atoms with Gasteiger partial charge < -0.3 is 9.64 Å². The number of piperidine rings is 1. The van der Waals surface area contributed by atoms with Gasteiger partial charge in [0.2, 0.25) is 5.95 Å². The van der Waals surface area contributed by atoms with Gasteiger partial charge in [0.15, 0.2) is 0 Å². The van der Waals surface area contributed by atoms with E-state index in [-0.39, 0.29) is 0 Å². The average Bonchev–Trinajstić information content (AvgIpc) is 3.53. The number of hydrogen-bond acceptors (Lipinski definition) is 7. The van der Waals surface area contributed by atoms with Gasteiger partial charge in [-0.1, -0.05) is 12.1 Å². The number of benzene rings is 1. The third-order valence-electron chi connectivity index (χ3n) is 7.34. The number of methoxy groups -OCH3 is 1. The van der Waals surface area contributed by atoms with Crippen LogP contribution in [0.15, 0.2) is 30.5 Å². The monoisotopic (exact) mass is 436 g/mol. The molecule has 0 radical (unpaired) electrons. The van der Waals surface area contributed by atoms with E-state index in [4.69, 9.17) is 9.72 Å². The summed E-state index contributed by atoms with van der Waals surface area (Å²) in [5.74, 6) is 2.87. The number of rotatable bonds is 6. The fourth-order valence-electron chi connectivity index (χ4n) is 5.64. The van der Waals surface area contributed by atoms with Crippen molar-refractivity contribution in [1.29, 1.82) is 0 Å². The fraction of sp³-hybridized carbons (Fsp3) is 0.600. The molecule has 5 rings (SSSR count). The lowest BCUT2D eigenvalue weighted by Gasteiger charge is -2.37. The van der Waals surface area contributed by atoms with Crippen LogP contribution in [-0.2, 0) is 6.54 Å². The minimum atomic E-state index is 0.373. The SMILES string of the molecule is COc1cc(C)ccc1CN1CCCC(C2NNCC2c2ccnc(N3CCCC3)n2)C1. The Labute approximate surface area is 191 Å². The second-order valence-electron chi connectivity index (χ2n) is 9.59. The predicted octanol–water partition coefficient (Wildman–Crippen LogP) is 2.87. The van der Waals surface area contributed by atoms with Crippen molar-refractivity contribution in [3.8, 4) is 5.75 Å². The zero-order valence-corrected chi connectivity index (χ0v) is 19.4. The van der Waals surface area contributed by atoms with E-state index in [1.165, 1.54) is 42.5 Å². The van der Waals surface area contributed by atoms with Crippen LogP contribution < -0.4 is 20.5 Å². The lowest BCUT2D eigenvalue weighted by molar-refractivity contribution is 0.138. The van der Waals surface area contributed by atoms with Gasteiger partial charge in [0.1, 0.15) is 5.75 Å². The number of aromatic nitrogens is 2. The summed E-state index contributed by atoms with van der Waals surface area (Å²) in [6.45, 7) is 8.37. The maximum atomic E-state index is 5.66. The first-order valence-corrected chi connectivity index (χ1v) is 12.1. The Morgan fingerprint density at radius 3 is 2.84 bits per heavy atom. The molecule has 3 aliphatic rings. The van der Waals surface area contributed by atoms with Gasteiger partial charge in [-0.25, -0.2) is 9.97 Å². The minimum Gasteiger partial charge on any atom is -0.496 e. The molecule has 32 heavy (non-hydrogen) atoms. The van der Waals surface area contributed by atoms with Crippen molar-refractivity contribution in [3.63, 3.8) is 0 Å². The molecule has 7 nitrogen and oxygen atoms in total. The maximum absolute atomic E-state index is 5.66. The molecule has 0 spiro atoms.